The average Bonchev–Trinajstić information content (AvgIpc) is 3.58. The molecule has 7 aromatic carbocycles. The summed E-state index contributed by atoms with van der Waals surface area (Å²) in [5.74, 6) is 0.820. The van der Waals surface area contributed by atoms with Crippen LogP contribution in [0.1, 0.15) is 18.4 Å². The third kappa shape index (κ3) is 6.21. The van der Waals surface area contributed by atoms with Gasteiger partial charge in [0.2, 0.25) is 0 Å². The van der Waals surface area contributed by atoms with Crippen molar-refractivity contribution in [1.29, 1.82) is 0 Å². The van der Waals surface area contributed by atoms with Gasteiger partial charge in [0.05, 0.1) is 0 Å². The zero-order chi connectivity index (χ0) is 34.9. The number of hydrogen-bond acceptors (Lipinski definition) is 3. The van der Waals surface area contributed by atoms with E-state index in [0.717, 1.165) is 28.4 Å². The van der Waals surface area contributed by atoms with Crippen molar-refractivity contribution in [3.05, 3.63) is 200 Å². The van der Waals surface area contributed by atoms with Crippen molar-refractivity contribution in [2.24, 2.45) is 5.92 Å². The Kier molecular flexibility index (Phi) is 8.48. The number of nitrogens with one attached hydrogen (secondary N) is 1. The molecule has 0 aliphatic heterocycles. The molecule has 0 spiro atoms. The molecule has 1 aliphatic rings. The standard InChI is InChI=1S/C49H38N2S/c1-34-11-5-6-14-43(34)44-15-7-9-17-47(44)50-39-25-19-36(20-26-39)38-23-29-41(30-24-38)51(40-27-21-37(22-28-40)35-12-3-2-4-13-35)42-31-32-49-46(33-42)45-16-8-10-18-48(45)52-49/h2-34,43,50H,1H3. The van der Waals surface area contributed by atoms with Crippen LogP contribution >= 0.6 is 11.3 Å². The number of allylic oxidation sites excluding steroid dienone is 4. The number of benzene rings is 7. The van der Waals surface area contributed by atoms with Gasteiger partial charge in [0.25, 0.3) is 0 Å². The van der Waals surface area contributed by atoms with Gasteiger partial charge >= 0.3 is 0 Å². The largest absolute Gasteiger partial charge is 0.355 e. The molecule has 1 heterocycles. The Hall–Kier alpha value is -6.16. The van der Waals surface area contributed by atoms with Crippen molar-refractivity contribution in [2.45, 2.75) is 12.8 Å². The number of para-hydroxylation sites is 1. The third-order valence-corrected chi connectivity index (χ3v) is 11.4. The first kappa shape index (κ1) is 31.8. The van der Waals surface area contributed by atoms with Crippen LogP contribution in [0.2, 0.25) is 0 Å². The highest BCUT2D eigenvalue weighted by Gasteiger charge is 2.19. The highest BCUT2D eigenvalue weighted by Crippen LogP contribution is 2.42. The molecule has 9 rings (SSSR count). The van der Waals surface area contributed by atoms with Crippen LogP contribution < -0.4 is 10.2 Å². The zero-order valence-corrected chi connectivity index (χ0v) is 29.8. The molecular weight excluding hydrogens is 649 g/mol. The Bertz CT molecular complexity index is 2540. The van der Waals surface area contributed by atoms with Gasteiger partial charge in [-0.05, 0) is 100 Å². The summed E-state index contributed by atoms with van der Waals surface area (Å²) in [6, 6.07) is 61.5. The summed E-state index contributed by atoms with van der Waals surface area (Å²) in [7, 11) is 0. The van der Waals surface area contributed by atoms with Crippen molar-refractivity contribution in [3.63, 3.8) is 0 Å². The van der Waals surface area contributed by atoms with E-state index in [1.807, 2.05) is 11.3 Å². The number of rotatable bonds is 8. The third-order valence-electron chi connectivity index (χ3n) is 10.2. The van der Waals surface area contributed by atoms with E-state index in [1.54, 1.807) is 0 Å². The van der Waals surface area contributed by atoms with Crippen LogP contribution in [0.15, 0.2) is 194 Å². The SMILES string of the molecule is CC1C=CC=CC1c1ccccc1Nc1ccc(-c2ccc(N(c3ccc(-c4ccccc4)cc3)c3ccc4sc5ccccc5c4c3)cc2)cc1. The molecule has 52 heavy (non-hydrogen) atoms. The van der Waals surface area contributed by atoms with Crippen LogP contribution in [0, 0.1) is 5.92 Å². The predicted molar refractivity (Wildman–Crippen MR) is 225 cm³/mol. The van der Waals surface area contributed by atoms with E-state index >= 15 is 0 Å². The summed E-state index contributed by atoms with van der Waals surface area (Å²) < 4.78 is 2.62. The van der Waals surface area contributed by atoms with Crippen LogP contribution in [-0.2, 0) is 0 Å². The molecule has 2 nitrogen and oxygen atoms in total. The van der Waals surface area contributed by atoms with Gasteiger partial charge in [0.1, 0.15) is 0 Å². The van der Waals surface area contributed by atoms with E-state index in [0.29, 0.717) is 11.8 Å². The molecular formula is C49H38N2S. The zero-order valence-electron chi connectivity index (χ0n) is 29.0. The van der Waals surface area contributed by atoms with Crippen LogP contribution in [0.5, 0.6) is 0 Å². The molecule has 2 atom stereocenters. The Labute approximate surface area is 309 Å². The Morgan fingerprint density at radius 3 is 1.75 bits per heavy atom. The molecule has 0 saturated heterocycles. The molecule has 0 fully saturated rings. The summed E-state index contributed by atoms with van der Waals surface area (Å²) in [6.45, 7) is 2.28. The van der Waals surface area contributed by atoms with E-state index in [2.05, 4.69) is 211 Å². The summed E-state index contributed by atoms with van der Waals surface area (Å²) >= 11 is 1.85. The molecule has 8 aromatic rings. The second-order valence-electron chi connectivity index (χ2n) is 13.5. The van der Waals surface area contributed by atoms with Crippen LogP contribution in [0.4, 0.5) is 28.4 Å². The summed E-state index contributed by atoms with van der Waals surface area (Å²) in [5, 5.41) is 6.30. The molecule has 0 saturated carbocycles. The maximum absolute atomic E-state index is 3.70. The van der Waals surface area contributed by atoms with Gasteiger partial charge in [-0.15, -0.1) is 11.3 Å². The van der Waals surface area contributed by atoms with Crippen molar-refractivity contribution in [3.8, 4) is 22.3 Å². The Balaban J connectivity index is 1.02. The first-order valence-electron chi connectivity index (χ1n) is 18.0. The van der Waals surface area contributed by atoms with Gasteiger partial charge in [-0.2, -0.15) is 0 Å². The fourth-order valence-corrected chi connectivity index (χ4v) is 8.53. The van der Waals surface area contributed by atoms with Gasteiger partial charge in [-0.1, -0.05) is 134 Å². The first-order valence-corrected chi connectivity index (χ1v) is 18.8. The van der Waals surface area contributed by atoms with E-state index in [4.69, 9.17) is 0 Å². The fraction of sp³-hybridized carbons (Fsp3) is 0.0612. The minimum absolute atomic E-state index is 0.361. The summed E-state index contributed by atoms with van der Waals surface area (Å²) in [5.41, 5.74) is 11.7. The lowest BCUT2D eigenvalue weighted by molar-refractivity contribution is 0.636. The molecule has 0 bridgehead atoms. The second-order valence-corrected chi connectivity index (χ2v) is 14.6. The molecule has 1 aromatic heterocycles. The fourth-order valence-electron chi connectivity index (χ4n) is 7.45. The first-order chi connectivity index (χ1) is 25.7. The maximum atomic E-state index is 3.70. The van der Waals surface area contributed by atoms with E-state index in [1.165, 1.54) is 48.0 Å². The van der Waals surface area contributed by atoms with Crippen molar-refractivity contribution in [1.82, 2.24) is 0 Å². The number of fused-ring (bicyclic) bond motifs is 3. The summed E-state index contributed by atoms with van der Waals surface area (Å²) in [6.07, 6.45) is 8.90. The van der Waals surface area contributed by atoms with Crippen molar-refractivity contribution in [2.75, 3.05) is 10.2 Å². The Morgan fingerprint density at radius 2 is 1.04 bits per heavy atom. The van der Waals surface area contributed by atoms with E-state index in [9.17, 15) is 0 Å². The molecule has 0 radical (unpaired) electrons. The van der Waals surface area contributed by atoms with Gasteiger partial charge < -0.3 is 10.2 Å². The van der Waals surface area contributed by atoms with Gasteiger partial charge in [-0.25, -0.2) is 0 Å². The Morgan fingerprint density at radius 1 is 0.481 bits per heavy atom. The quantitative estimate of drug-likeness (QED) is 0.171. The lowest BCUT2D eigenvalue weighted by Crippen LogP contribution is -2.09. The molecule has 2 unspecified atom stereocenters. The van der Waals surface area contributed by atoms with Crippen LogP contribution in [0.25, 0.3) is 42.4 Å². The van der Waals surface area contributed by atoms with Crippen molar-refractivity contribution < 1.29 is 0 Å². The normalized spacial score (nSPS) is 15.2. The molecule has 1 N–H and O–H groups in total. The second kappa shape index (κ2) is 13.9. The van der Waals surface area contributed by atoms with Crippen LogP contribution in [0.3, 0.4) is 0 Å². The van der Waals surface area contributed by atoms with Gasteiger partial charge in [-0.3, -0.25) is 0 Å². The highest BCUT2D eigenvalue weighted by molar-refractivity contribution is 7.25. The lowest BCUT2D eigenvalue weighted by Gasteiger charge is -2.26. The topological polar surface area (TPSA) is 15.3 Å². The van der Waals surface area contributed by atoms with Gasteiger partial charge in [0, 0.05) is 54.5 Å². The smallest absolute Gasteiger partial charge is 0.0468 e. The van der Waals surface area contributed by atoms with Crippen LogP contribution in [-0.4, -0.2) is 0 Å². The van der Waals surface area contributed by atoms with Gasteiger partial charge in [0.15, 0.2) is 0 Å². The molecule has 250 valence electrons. The van der Waals surface area contributed by atoms with E-state index in [-0.39, 0.29) is 0 Å². The molecule has 1 aliphatic carbocycles. The monoisotopic (exact) mass is 686 g/mol. The average molecular weight is 687 g/mol. The number of thiophene rings is 1. The number of nitrogens with zero attached hydrogens (tertiary/aromatic N) is 1. The minimum Gasteiger partial charge on any atom is -0.355 e. The minimum atomic E-state index is 0.361. The number of hydrogen-bond donors (Lipinski definition) is 1. The van der Waals surface area contributed by atoms with E-state index < -0.39 is 0 Å². The maximum Gasteiger partial charge on any atom is 0.0468 e. The highest BCUT2D eigenvalue weighted by atomic mass is 32.1. The number of anilines is 5. The van der Waals surface area contributed by atoms with Crippen molar-refractivity contribution >= 4 is 59.9 Å². The predicted octanol–water partition coefficient (Wildman–Crippen LogP) is 14.4. The molecule has 3 heteroatoms. The lowest BCUT2D eigenvalue weighted by atomic mass is 9.83. The summed E-state index contributed by atoms with van der Waals surface area (Å²) in [4.78, 5) is 2.37. The molecule has 0 amide bonds.